The van der Waals surface area contributed by atoms with E-state index in [4.69, 9.17) is 9.47 Å². The Labute approximate surface area is 263 Å². The first kappa shape index (κ1) is 33.4. The second-order valence-corrected chi connectivity index (χ2v) is 14.1. The van der Waals surface area contributed by atoms with E-state index in [1.165, 1.54) is 19.2 Å². The molecule has 2 aliphatic rings. The maximum atomic E-state index is 15.6. The van der Waals surface area contributed by atoms with Gasteiger partial charge in [-0.1, -0.05) is 12.1 Å². The highest BCUT2D eigenvalue weighted by molar-refractivity contribution is 7.92. The molecule has 0 N–H and O–H groups in total. The number of alkyl halides is 3. The zero-order chi connectivity index (χ0) is 33.7. The van der Waals surface area contributed by atoms with E-state index < -0.39 is 73.1 Å². The number of hydrogen-bond donors (Lipinski definition) is 0. The molecule has 0 aliphatic heterocycles. The van der Waals surface area contributed by atoms with Crippen molar-refractivity contribution in [1.82, 2.24) is 0 Å². The number of ketones is 1. The summed E-state index contributed by atoms with van der Waals surface area (Å²) in [5, 5.41) is 0. The fourth-order valence-corrected chi connectivity index (χ4v) is 8.06. The van der Waals surface area contributed by atoms with Crippen molar-refractivity contribution in [3.63, 3.8) is 0 Å². The second kappa shape index (κ2) is 12.0. The number of anilines is 1. The minimum atomic E-state index is -4.99. The number of benzene rings is 3. The molecule has 3 aromatic carbocycles. The molecule has 7 nitrogen and oxygen atoms in total. The van der Waals surface area contributed by atoms with Gasteiger partial charge in [0.1, 0.15) is 17.4 Å². The highest BCUT2D eigenvalue weighted by Crippen LogP contribution is 2.62. The summed E-state index contributed by atoms with van der Waals surface area (Å²) in [5.41, 5.74) is -3.51. The van der Waals surface area contributed by atoms with Gasteiger partial charge >= 0.3 is 12.1 Å². The van der Waals surface area contributed by atoms with Crippen LogP contribution in [0.4, 0.5) is 27.6 Å². The molecule has 46 heavy (non-hydrogen) atoms. The first-order valence-corrected chi connectivity index (χ1v) is 16.0. The van der Waals surface area contributed by atoms with E-state index in [9.17, 15) is 35.6 Å². The number of sulfonamides is 1. The van der Waals surface area contributed by atoms with Crippen LogP contribution >= 0.6 is 0 Å². The maximum Gasteiger partial charge on any atom is 0.416 e. The van der Waals surface area contributed by atoms with Gasteiger partial charge in [-0.15, -0.1) is 0 Å². The molecule has 2 saturated carbocycles. The fraction of sp³-hybridized carbons (Fsp3) is 0.394. The van der Waals surface area contributed by atoms with Crippen LogP contribution in [0.1, 0.15) is 51.5 Å². The van der Waals surface area contributed by atoms with Gasteiger partial charge in [-0.2, -0.15) is 13.2 Å². The van der Waals surface area contributed by atoms with Gasteiger partial charge in [0.25, 0.3) is 10.0 Å². The van der Waals surface area contributed by atoms with Crippen molar-refractivity contribution in [1.29, 1.82) is 0 Å². The third-order valence-corrected chi connectivity index (χ3v) is 10.6. The Kier molecular flexibility index (Phi) is 8.69. The Morgan fingerprint density at radius 3 is 2.22 bits per heavy atom. The van der Waals surface area contributed by atoms with Crippen LogP contribution in [-0.2, 0) is 30.5 Å². The van der Waals surface area contributed by atoms with Gasteiger partial charge in [-0.3, -0.25) is 13.9 Å². The summed E-state index contributed by atoms with van der Waals surface area (Å²) in [7, 11) is -3.75. The summed E-state index contributed by atoms with van der Waals surface area (Å²) in [5.74, 6) is -2.67. The third-order valence-electron chi connectivity index (χ3n) is 8.88. The summed E-state index contributed by atoms with van der Waals surface area (Å²) < 4.78 is 110. The lowest BCUT2D eigenvalue weighted by Gasteiger charge is -2.30. The second-order valence-electron chi connectivity index (χ2n) is 12.2. The van der Waals surface area contributed by atoms with Gasteiger partial charge in [-0.05, 0) is 99.5 Å². The number of nitrogens with zero attached hydrogens (tertiary/aromatic N) is 1. The third kappa shape index (κ3) is 6.21. The lowest BCUT2D eigenvalue weighted by Crippen LogP contribution is -2.42. The fourth-order valence-electron chi connectivity index (χ4n) is 6.59. The predicted molar refractivity (Wildman–Crippen MR) is 159 cm³/mol. The molecule has 13 heteroatoms. The van der Waals surface area contributed by atoms with Gasteiger partial charge in [-0.25, -0.2) is 17.2 Å². The summed E-state index contributed by atoms with van der Waals surface area (Å²) in [6.45, 7) is 2.55. The lowest BCUT2D eigenvalue weighted by atomic mass is 9.79. The molecule has 0 aromatic heterocycles. The van der Waals surface area contributed by atoms with Crippen LogP contribution in [0, 0.1) is 22.5 Å². The Morgan fingerprint density at radius 2 is 1.59 bits per heavy atom. The van der Waals surface area contributed by atoms with Crippen LogP contribution in [0.3, 0.4) is 0 Å². The summed E-state index contributed by atoms with van der Waals surface area (Å²) >= 11 is 0. The van der Waals surface area contributed by atoms with Gasteiger partial charge in [0, 0.05) is 11.5 Å². The van der Waals surface area contributed by atoms with Crippen molar-refractivity contribution >= 4 is 27.5 Å². The minimum absolute atomic E-state index is 0.118. The zero-order valence-corrected chi connectivity index (χ0v) is 26.1. The van der Waals surface area contributed by atoms with Crippen molar-refractivity contribution in [2.24, 2.45) is 10.8 Å². The molecule has 0 saturated heterocycles. The Balaban J connectivity index is 1.61. The molecule has 246 valence electrons. The monoisotopic (exact) mass is 665 g/mol. The summed E-state index contributed by atoms with van der Waals surface area (Å²) in [4.78, 5) is 25.8. The molecule has 0 amide bonds. The van der Waals surface area contributed by atoms with Crippen LogP contribution < -0.4 is 9.04 Å². The minimum Gasteiger partial charge on any atom is -0.491 e. The Morgan fingerprint density at radius 1 is 0.913 bits per heavy atom. The molecule has 2 bridgehead atoms. The van der Waals surface area contributed by atoms with E-state index in [2.05, 4.69) is 0 Å². The molecule has 0 heterocycles. The van der Waals surface area contributed by atoms with Crippen LogP contribution in [0.5, 0.6) is 5.75 Å². The highest BCUT2D eigenvalue weighted by atomic mass is 32.2. The van der Waals surface area contributed by atoms with E-state index in [-0.39, 0.29) is 42.2 Å². The van der Waals surface area contributed by atoms with Gasteiger partial charge in [0.15, 0.2) is 5.78 Å². The zero-order valence-electron chi connectivity index (χ0n) is 25.3. The van der Waals surface area contributed by atoms with Gasteiger partial charge in [0.2, 0.25) is 0 Å². The number of esters is 1. The summed E-state index contributed by atoms with van der Waals surface area (Å²) in [6, 6.07) is 10.0. The average Bonchev–Trinajstić information content (AvgIpc) is 3.58. The molecule has 3 aromatic rings. The van der Waals surface area contributed by atoms with E-state index >= 15 is 4.39 Å². The number of ether oxygens (including phenoxy) is 2. The number of carbonyl (C=O) groups excluding carboxylic acids is 2. The van der Waals surface area contributed by atoms with E-state index in [1.807, 2.05) is 0 Å². The van der Waals surface area contributed by atoms with Crippen molar-refractivity contribution in [2.45, 2.75) is 63.1 Å². The first-order valence-electron chi connectivity index (χ1n) is 14.6. The normalized spacial score (nSPS) is 21.0. The Bertz CT molecular complexity index is 1780. The van der Waals surface area contributed by atoms with Crippen molar-refractivity contribution in [3.8, 4) is 16.9 Å². The number of halogens is 5. The van der Waals surface area contributed by atoms with Crippen LogP contribution in [0.2, 0.25) is 0 Å². The quantitative estimate of drug-likeness (QED) is 0.167. The number of carbonyl (C=O) groups is 2. The molecule has 0 unspecified atom stereocenters. The topological polar surface area (TPSA) is 90.0 Å². The molecule has 2 aliphatic carbocycles. The van der Waals surface area contributed by atoms with Crippen molar-refractivity contribution in [2.75, 3.05) is 18.0 Å². The van der Waals surface area contributed by atoms with E-state index in [1.54, 1.807) is 13.8 Å². The number of fused-ring (bicyclic) bond motifs is 2. The molecule has 5 rings (SSSR count). The van der Waals surface area contributed by atoms with Gasteiger partial charge < -0.3 is 9.47 Å². The molecule has 2 fully saturated rings. The smallest absolute Gasteiger partial charge is 0.416 e. The standard InChI is InChI=1S/C33H32F5NO6S/c1-20(2)45-25-14-22(13-24(34)17-25)21-7-8-27(35)28(15-21)39(46(42,43)26-6-4-5-23(16-26)33(36,37)38)18-29(40)31-9-11-32(19-31,12-10-31)30(41)44-3/h4-8,13-17,20H,9-12,18-19H2,1-3H3. The van der Waals surface area contributed by atoms with Crippen LogP contribution in [0.25, 0.3) is 11.1 Å². The number of methoxy groups -OCH3 is 1. The highest BCUT2D eigenvalue weighted by Gasteiger charge is 2.61. The van der Waals surface area contributed by atoms with Crippen molar-refractivity contribution < 1.29 is 49.4 Å². The predicted octanol–water partition coefficient (Wildman–Crippen LogP) is 7.33. The van der Waals surface area contributed by atoms with Crippen LogP contribution in [0.15, 0.2) is 65.6 Å². The molecule has 0 atom stereocenters. The van der Waals surface area contributed by atoms with E-state index in [0.717, 1.165) is 36.4 Å². The Hall–Kier alpha value is -4.00. The van der Waals surface area contributed by atoms with E-state index in [0.29, 0.717) is 29.3 Å². The number of Topliss-reactive ketones (excluding diaryl/α,β-unsaturated/α-hetero) is 1. The summed E-state index contributed by atoms with van der Waals surface area (Å²) in [6.07, 6.45) is -3.85. The number of rotatable bonds is 10. The largest absolute Gasteiger partial charge is 0.491 e. The number of hydrogen-bond acceptors (Lipinski definition) is 6. The molecule has 0 radical (unpaired) electrons. The first-order chi connectivity index (χ1) is 21.5. The molecular formula is C33H32F5NO6S. The lowest BCUT2D eigenvalue weighted by molar-refractivity contribution is -0.152. The average molecular weight is 666 g/mol. The maximum absolute atomic E-state index is 15.6. The van der Waals surface area contributed by atoms with Gasteiger partial charge in [0.05, 0.1) is 41.3 Å². The van der Waals surface area contributed by atoms with Crippen molar-refractivity contribution in [3.05, 3.63) is 77.9 Å². The molecular weight excluding hydrogens is 633 g/mol. The SMILES string of the molecule is COC(=O)C12CCC(C(=O)CN(c3cc(-c4cc(F)cc(OC(C)C)c4)ccc3F)S(=O)(=O)c3cccc(C(F)(F)F)c3)(CC1)C2. The van der Waals surface area contributed by atoms with Crippen LogP contribution in [-0.4, -0.2) is 39.9 Å². The molecule has 0 spiro atoms.